The Labute approximate surface area is 183 Å². The van der Waals surface area contributed by atoms with Gasteiger partial charge < -0.3 is 20.3 Å². The second-order valence-electron chi connectivity index (χ2n) is 7.46. The lowest BCUT2D eigenvalue weighted by Gasteiger charge is -2.22. The Kier molecular flexibility index (Phi) is 5.38. The van der Waals surface area contributed by atoms with Gasteiger partial charge in [0.1, 0.15) is 5.82 Å². The zero-order valence-electron chi connectivity index (χ0n) is 16.3. The highest BCUT2D eigenvalue weighted by Crippen LogP contribution is 2.37. The molecule has 0 bridgehead atoms. The predicted octanol–water partition coefficient (Wildman–Crippen LogP) is 3.76. The van der Waals surface area contributed by atoms with Crippen LogP contribution in [0.15, 0.2) is 42.6 Å². The summed E-state index contributed by atoms with van der Waals surface area (Å²) in [5.74, 6) is -2.57. The van der Waals surface area contributed by atoms with Gasteiger partial charge in [0.05, 0.1) is 5.56 Å². The van der Waals surface area contributed by atoms with Crippen molar-refractivity contribution in [3.05, 3.63) is 64.6 Å². The number of aromatic amines is 1. The van der Waals surface area contributed by atoms with E-state index < -0.39 is 35.0 Å². The molecular formula is C21H16ClF4N3O3. The van der Waals surface area contributed by atoms with Crippen LogP contribution in [0.2, 0.25) is 5.02 Å². The number of aromatic nitrogens is 1. The molecule has 0 saturated carbocycles. The van der Waals surface area contributed by atoms with Gasteiger partial charge in [-0.05, 0) is 42.0 Å². The van der Waals surface area contributed by atoms with E-state index in [1.807, 2.05) is 0 Å². The third-order valence-corrected chi connectivity index (χ3v) is 5.55. The molecule has 2 aromatic carbocycles. The second kappa shape index (κ2) is 7.79. The Morgan fingerprint density at radius 1 is 1.25 bits per heavy atom. The largest absolute Gasteiger partial charge is 0.418 e. The van der Waals surface area contributed by atoms with E-state index in [1.54, 1.807) is 0 Å². The summed E-state index contributed by atoms with van der Waals surface area (Å²) < 4.78 is 53.1. The number of hydrogen-bond donors (Lipinski definition) is 3. The highest BCUT2D eigenvalue weighted by atomic mass is 35.5. The molecule has 0 aliphatic carbocycles. The molecule has 0 spiro atoms. The number of carbonyl (C=O) groups is 2. The Bertz CT molecular complexity index is 1210. The van der Waals surface area contributed by atoms with Crippen LogP contribution < -0.4 is 10.2 Å². The molecule has 32 heavy (non-hydrogen) atoms. The number of benzene rings is 2. The van der Waals surface area contributed by atoms with Crippen molar-refractivity contribution in [2.24, 2.45) is 0 Å². The molecule has 1 aromatic heterocycles. The molecule has 3 N–H and O–H groups in total. The number of H-pyrrole nitrogens is 1. The van der Waals surface area contributed by atoms with Crippen LogP contribution in [-0.4, -0.2) is 34.1 Å². The summed E-state index contributed by atoms with van der Waals surface area (Å²) in [6, 6.07) is 7.65. The molecule has 1 fully saturated rings. The summed E-state index contributed by atoms with van der Waals surface area (Å²) in [7, 11) is 0. The Hall–Kier alpha value is -3.11. The van der Waals surface area contributed by atoms with E-state index in [4.69, 9.17) is 11.6 Å². The van der Waals surface area contributed by atoms with E-state index in [9.17, 15) is 32.3 Å². The van der Waals surface area contributed by atoms with Gasteiger partial charge in [-0.1, -0.05) is 11.6 Å². The molecule has 1 atom stereocenters. The number of nitrogens with one attached hydrogen (secondary N) is 2. The van der Waals surface area contributed by atoms with Crippen molar-refractivity contribution >= 4 is 40.0 Å². The second-order valence-corrected chi connectivity index (χ2v) is 7.89. The molecule has 0 radical (unpaired) electrons. The molecule has 4 rings (SSSR count). The molecule has 2 amide bonds. The van der Waals surface area contributed by atoms with Crippen molar-refractivity contribution in [2.45, 2.75) is 24.7 Å². The number of alkyl halides is 3. The molecule has 1 saturated heterocycles. The molecule has 1 aliphatic rings. The topological polar surface area (TPSA) is 85.4 Å². The van der Waals surface area contributed by atoms with Crippen LogP contribution in [0, 0.1) is 5.82 Å². The molecule has 1 aliphatic heterocycles. The monoisotopic (exact) mass is 469 g/mol. The molecule has 0 unspecified atom stereocenters. The minimum atomic E-state index is -4.59. The van der Waals surface area contributed by atoms with Crippen LogP contribution in [0.25, 0.3) is 10.9 Å². The minimum Gasteiger partial charge on any atom is -0.372 e. The van der Waals surface area contributed by atoms with E-state index in [0.29, 0.717) is 5.56 Å². The number of anilines is 1. The molecule has 168 valence electrons. The van der Waals surface area contributed by atoms with Crippen molar-refractivity contribution in [2.75, 3.05) is 11.4 Å². The number of aliphatic hydroxyl groups is 1. The Morgan fingerprint density at radius 3 is 2.69 bits per heavy atom. The van der Waals surface area contributed by atoms with E-state index in [2.05, 4.69) is 10.3 Å². The summed E-state index contributed by atoms with van der Waals surface area (Å²) in [4.78, 5) is 29.0. The molecular weight excluding hydrogens is 454 g/mol. The maximum Gasteiger partial charge on any atom is 0.418 e. The number of hydrogen-bond acceptors (Lipinski definition) is 3. The first-order chi connectivity index (χ1) is 15.0. The fourth-order valence-corrected chi connectivity index (χ4v) is 3.96. The van der Waals surface area contributed by atoms with Crippen molar-refractivity contribution in [1.82, 2.24) is 10.3 Å². The summed E-state index contributed by atoms with van der Waals surface area (Å²) in [5, 5.41) is 13.1. The van der Waals surface area contributed by atoms with E-state index in [-0.39, 0.29) is 41.1 Å². The van der Waals surface area contributed by atoms with Crippen LogP contribution in [0.3, 0.4) is 0 Å². The van der Waals surface area contributed by atoms with Gasteiger partial charge in [-0.3, -0.25) is 9.59 Å². The van der Waals surface area contributed by atoms with E-state index in [1.165, 1.54) is 24.3 Å². The number of fused-ring (bicyclic) bond motifs is 1. The van der Waals surface area contributed by atoms with Gasteiger partial charge in [-0.25, -0.2) is 4.39 Å². The quantitative estimate of drug-likeness (QED) is 0.402. The number of halogens is 5. The first-order valence-corrected chi connectivity index (χ1v) is 9.83. The summed E-state index contributed by atoms with van der Waals surface area (Å²) in [6.07, 6.45) is -4.02. The lowest BCUT2D eigenvalue weighted by molar-refractivity contribution is -0.149. The van der Waals surface area contributed by atoms with Crippen molar-refractivity contribution in [1.29, 1.82) is 0 Å². The van der Waals surface area contributed by atoms with Crippen LogP contribution >= 0.6 is 11.6 Å². The number of rotatable bonds is 4. The molecule has 6 nitrogen and oxygen atoms in total. The van der Waals surface area contributed by atoms with Crippen molar-refractivity contribution in [3.8, 4) is 0 Å². The summed E-state index contributed by atoms with van der Waals surface area (Å²) in [5.41, 5.74) is -2.62. The van der Waals surface area contributed by atoms with Crippen LogP contribution in [-0.2, 0) is 22.3 Å². The highest BCUT2D eigenvalue weighted by Gasteiger charge is 2.51. The average Bonchev–Trinajstić information content (AvgIpc) is 3.27. The van der Waals surface area contributed by atoms with Crippen LogP contribution in [0.5, 0.6) is 0 Å². The third-order valence-electron chi connectivity index (χ3n) is 5.33. The van der Waals surface area contributed by atoms with Gasteiger partial charge in [0.2, 0.25) is 5.60 Å². The van der Waals surface area contributed by atoms with E-state index >= 15 is 0 Å². The summed E-state index contributed by atoms with van der Waals surface area (Å²) in [6.45, 7) is -0.262. The number of amides is 2. The first-order valence-electron chi connectivity index (χ1n) is 9.45. The van der Waals surface area contributed by atoms with Gasteiger partial charge in [0.15, 0.2) is 0 Å². The lowest BCUT2D eigenvalue weighted by atomic mass is 10.0. The van der Waals surface area contributed by atoms with Crippen LogP contribution in [0.1, 0.15) is 17.5 Å². The van der Waals surface area contributed by atoms with E-state index in [0.717, 1.165) is 23.2 Å². The van der Waals surface area contributed by atoms with Gasteiger partial charge in [0.25, 0.3) is 11.8 Å². The maximum absolute atomic E-state index is 13.4. The van der Waals surface area contributed by atoms with Gasteiger partial charge in [-0.15, -0.1) is 0 Å². The number of nitrogens with zero attached hydrogens (tertiary/aromatic N) is 1. The minimum absolute atomic E-state index is 0.0776. The molecule has 11 heteroatoms. The highest BCUT2D eigenvalue weighted by molar-refractivity contribution is 6.30. The maximum atomic E-state index is 13.4. The molecule has 3 aromatic rings. The van der Waals surface area contributed by atoms with Crippen molar-refractivity contribution < 1.29 is 32.3 Å². The van der Waals surface area contributed by atoms with Crippen molar-refractivity contribution in [3.63, 3.8) is 0 Å². The fourth-order valence-electron chi connectivity index (χ4n) is 3.71. The lowest BCUT2D eigenvalue weighted by Crippen LogP contribution is -2.52. The Morgan fingerprint density at radius 2 is 2.00 bits per heavy atom. The normalized spacial score (nSPS) is 19.1. The standard InChI is InChI=1S/C21H16ClF4N3O3/c22-12-5-11(6-13(23)7-12)9-28-18(30)20(32)3-4-29(19(20)31)14-1-2-17-15(8-14)16(10-27-17)21(24,25)26/h1-2,5-8,10,27,32H,3-4,9H2,(H,28,30)/t20-/m0/s1. The average molecular weight is 470 g/mol. The third kappa shape index (κ3) is 3.91. The first kappa shape index (κ1) is 22.1. The zero-order valence-corrected chi connectivity index (χ0v) is 17.0. The molecule has 2 heterocycles. The zero-order chi connectivity index (χ0) is 23.3. The number of carbonyl (C=O) groups excluding carboxylic acids is 2. The smallest absolute Gasteiger partial charge is 0.372 e. The summed E-state index contributed by atoms with van der Waals surface area (Å²) >= 11 is 5.77. The van der Waals surface area contributed by atoms with Gasteiger partial charge in [0, 0.05) is 47.3 Å². The Balaban J connectivity index is 1.54. The van der Waals surface area contributed by atoms with Gasteiger partial charge in [-0.2, -0.15) is 13.2 Å². The predicted molar refractivity (Wildman–Crippen MR) is 108 cm³/mol. The SMILES string of the molecule is O=C(NCc1cc(F)cc(Cl)c1)[C@@]1(O)CCN(c2ccc3[nH]cc(C(F)(F)F)c3c2)C1=O. The fraction of sp³-hybridized carbons (Fsp3) is 0.238. The van der Waals surface area contributed by atoms with Crippen LogP contribution in [0.4, 0.5) is 23.2 Å². The van der Waals surface area contributed by atoms with Gasteiger partial charge >= 0.3 is 6.18 Å².